The average Bonchev–Trinajstić information content (AvgIpc) is 2.30. The van der Waals surface area contributed by atoms with Crippen LogP contribution in [0.4, 0.5) is 0 Å². The lowest BCUT2D eigenvalue weighted by molar-refractivity contribution is 0.143. The van der Waals surface area contributed by atoms with E-state index in [0.717, 1.165) is 26.3 Å². The lowest BCUT2D eigenvalue weighted by Gasteiger charge is -2.20. The Bertz CT molecular complexity index is 175. The molecular weight excluding hydrogens is 162 g/mol. The minimum Gasteiger partial charge on any atom is -0.380 e. The van der Waals surface area contributed by atoms with Crippen LogP contribution in [-0.2, 0) is 4.74 Å². The van der Waals surface area contributed by atoms with Crippen molar-refractivity contribution in [2.75, 3.05) is 32.8 Å². The molecule has 0 atom stereocenters. The minimum absolute atomic E-state index is 0.920. The summed E-state index contributed by atoms with van der Waals surface area (Å²) in [7, 11) is 0. The van der Waals surface area contributed by atoms with Crippen LogP contribution in [0.5, 0.6) is 0 Å². The molecule has 0 aromatic heterocycles. The highest BCUT2D eigenvalue weighted by Gasteiger charge is 2.10. The van der Waals surface area contributed by atoms with Crippen molar-refractivity contribution in [1.82, 2.24) is 4.90 Å². The number of hydrogen-bond acceptors (Lipinski definition) is 2. The van der Waals surface area contributed by atoms with Gasteiger partial charge in [0.2, 0.25) is 0 Å². The van der Waals surface area contributed by atoms with Gasteiger partial charge in [-0.25, -0.2) is 0 Å². The van der Waals surface area contributed by atoms with E-state index in [9.17, 15) is 0 Å². The predicted molar refractivity (Wildman–Crippen MR) is 53.8 cm³/mol. The summed E-state index contributed by atoms with van der Waals surface area (Å²) >= 11 is 0. The SMILES string of the molecule is C(CN1CCCOCC1)=C1CCC1. The quantitative estimate of drug-likeness (QED) is 0.602. The number of hydrogen-bond donors (Lipinski definition) is 0. The van der Waals surface area contributed by atoms with E-state index >= 15 is 0 Å². The Kier molecular flexibility index (Phi) is 3.39. The fourth-order valence-corrected chi connectivity index (χ4v) is 1.82. The molecule has 13 heavy (non-hydrogen) atoms. The van der Waals surface area contributed by atoms with Crippen LogP contribution in [0.25, 0.3) is 0 Å². The van der Waals surface area contributed by atoms with E-state index in [1.165, 1.54) is 32.2 Å². The van der Waals surface area contributed by atoms with Crippen LogP contribution in [0.1, 0.15) is 25.7 Å². The molecule has 2 rings (SSSR count). The van der Waals surface area contributed by atoms with Crippen LogP contribution in [0.3, 0.4) is 0 Å². The van der Waals surface area contributed by atoms with Crippen molar-refractivity contribution >= 4 is 0 Å². The molecule has 1 heterocycles. The molecule has 1 aliphatic carbocycles. The summed E-state index contributed by atoms with van der Waals surface area (Å²) in [4.78, 5) is 2.50. The second-order valence-electron chi connectivity index (χ2n) is 3.98. The molecule has 2 heteroatoms. The number of ether oxygens (including phenoxy) is 1. The summed E-state index contributed by atoms with van der Waals surface area (Å²) in [5, 5.41) is 0. The van der Waals surface area contributed by atoms with Crippen LogP contribution in [0.2, 0.25) is 0 Å². The highest BCUT2D eigenvalue weighted by Crippen LogP contribution is 2.24. The van der Waals surface area contributed by atoms with E-state index < -0.39 is 0 Å². The number of nitrogens with zero attached hydrogens (tertiary/aromatic N) is 1. The van der Waals surface area contributed by atoms with E-state index in [2.05, 4.69) is 11.0 Å². The molecule has 0 bridgehead atoms. The first-order chi connectivity index (χ1) is 6.45. The Morgan fingerprint density at radius 1 is 1.15 bits per heavy atom. The Hall–Kier alpha value is -0.340. The third-order valence-corrected chi connectivity index (χ3v) is 2.95. The minimum atomic E-state index is 0.920. The van der Waals surface area contributed by atoms with Gasteiger partial charge in [0.15, 0.2) is 0 Å². The molecule has 0 unspecified atom stereocenters. The van der Waals surface area contributed by atoms with E-state index in [1.54, 1.807) is 5.57 Å². The van der Waals surface area contributed by atoms with E-state index in [-0.39, 0.29) is 0 Å². The molecule has 1 saturated carbocycles. The Morgan fingerprint density at radius 3 is 2.85 bits per heavy atom. The van der Waals surface area contributed by atoms with Gasteiger partial charge in [0.05, 0.1) is 6.61 Å². The van der Waals surface area contributed by atoms with Crippen LogP contribution in [0.15, 0.2) is 11.6 Å². The highest BCUT2D eigenvalue weighted by atomic mass is 16.5. The molecule has 0 spiro atoms. The molecule has 0 radical (unpaired) electrons. The van der Waals surface area contributed by atoms with Crippen molar-refractivity contribution < 1.29 is 4.74 Å². The molecule has 0 N–H and O–H groups in total. The lowest BCUT2D eigenvalue weighted by Crippen LogP contribution is -2.26. The topological polar surface area (TPSA) is 12.5 Å². The van der Waals surface area contributed by atoms with Gasteiger partial charge in [0, 0.05) is 26.2 Å². The first-order valence-electron chi connectivity index (χ1n) is 5.43. The Morgan fingerprint density at radius 2 is 2.08 bits per heavy atom. The van der Waals surface area contributed by atoms with Gasteiger partial charge in [-0.05, 0) is 25.7 Å². The molecule has 0 aromatic rings. The van der Waals surface area contributed by atoms with Crippen molar-refractivity contribution in [3.05, 3.63) is 11.6 Å². The maximum absolute atomic E-state index is 5.41. The van der Waals surface area contributed by atoms with Crippen LogP contribution >= 0.6 is 0 Å². The molecule has 2 fully saturated rings. The summed E-state index contributed by atoms with van der Waals surface area (Å²) in [6, 6.07) is 0. The van der Waals surface area contributed by atoms with Crippen molar-refractivity contribution in [1.29, 1.82) is 0 Å². The molecule has 0 aromatic carbocycles. The second kappa shape index (κ2) is 4.77. The fourth-order valence-electron chi connectivity index (χ4n) is 1.82. The number of allylic oxidation sites excluding steroid dienone is 1. The monoisotopic (exact) mass is 181 g/mol. The van der Waals surface area contributed by atoms with E-state index in [4.69, 9.17) is 4.74 Å². The van der Waals surface area contributed by atoms with Gasteiger partial charge in [-0.3, -0.25) is 4.90 Å². The summed E-state index contributed by atoms with van der Waals surface area (Å²) in [5.41, 5.74) is 1.67. The zero-order valence-electron chi connectivity index (χ0n) is 8.30. The third kappa shape index (κ3) is 2.82. The summed E-state index contributed by atoms with van der Waals surface area (Å²) in [6.45, 7) is 5.35. The highest BCUT2D eigenvalue weighted by molar-refractivity contribution is 5.10. The zero-order chi connectivity index (χ0) is 8.93. The maximum Gasteiger partial charge on any atom is 0.0593 e. The average molecular weight is 181 g/mol. The normalized spacial score (nSPS) is 25.1. The molecule has 74 valence electrons. The first kappa shape index (κ1) is 9.22. The van der Waals surface area contributed by atoms with Crippen molar-refractivity contribution in [3.8, 4) is 0 Å². The largest absolute Gasteiger partial charge is 0.380 e. The van der Waals surface area contributed by atoms with Crippen molar-refractivity contribution in [2.45, 2.75) is 25.7 Å². The molecule has 1 aliphatic heterocycles. The predicted octanol–water partition coefficient (Wildman–Crippen LogP) is 1.82. The third-order valence-electron chi connectivity index (χ3n) is 2.95. The van der Waals surface area contributed by atoms with E-state index in [1.807, 2.05) is 0 Å². The van der Waals surface area contributed by atoms with Crippen LogP contribution < -0.4 is 0 Å². The van der Waals surface area contributed by atoms with Crippen molar-refractivity contribution in [2.24, 2.45) is 0 Å². The van der Waals surface area contributed by atoms with Gasteiger partial charge in [-0.1, -0.05) is 11.6 Å². The van der Waals surface area contributed by atoms with Crippen LogP contribution in [-0.4, -0.2) is 37.7 Å². The zero-order valence-corrected chi connectivity index (χ0v) is 8.30. The molecule has 1 saturated heterocycles. The van der Waals surface area contributed by atoms with Crippen LogP contribution in [0, 0.1) is 0 Å². The van der Waals surface area contributed by atoms with Gasteiger partial charge < -0.3 is 4.74 Å². The smallest absolute Gasteiger partial charge is 0.0593 e. The summed E-state index contributed by atoms with van der Waals surface area (Å²) in [5.74, 6) is 0. The second-order valence-corrected chi connectivity index (χ2v) is 3.98. The van der Waals surface area contributed by atoms with Gasteiger partial charge in [0.25, 0.3) is 0 Å². The Balaban J connectivity index is 1.72. The van der Waals surface area contributed by atoms with Gasteiger partial charge >= 0.3 is 0 Å². The lowest BCUT2D eigenvalue weighted by atomic mass is 9.92. The molecule has 2 aliphatic rings. The standard InChI is InChI=1S/C11H19NO/c1-3-11(4-1)5-7-12-6-2-9-13-10-8-12/h5H,1-4,6-10H2. The molecule has 2 nitrogen and oxygen atoms in total. The van der Waals surface area contributed by atoms with Gasteiger partial charge in [-0.15, -0.1) is 0 Å². The first-order valence-corrected chi connectivity index (χ1v) is 5.43. The summed E-state index contributed by atoms with van der Waals surface area (Å²) in [6.07, 6.45) is 7.74. The fraction of sp³-hybridized carbons (Fsp3) is 0.818. The van der Waals surface area contributed by atoms with E-state index in [0.29, 0.717) is 0 Å². The van der Waals surface area contributed by atoms with Crippen molar-refractivity contribution in [3.63, 3.8) is 0 Å². The summed E-state index contributed by atoms with van der Waals surface area (Å²) < 4.78 is 5.41. The molecule has 0 amide bonds. The maximum atomic E-state index is 5.41. The molecular formula is C11H19NO. The Labute approximate surface area is 80.6 Å². The van der Waals surface area contributed by atoms with Gasteiger partial charge in [-0.2, -0.15) is 0 Å². The van der Waals surface area contributed by atoms with Gasteiger partial charge in [0.1, 0.15) is 0 Å². The number of rotatable bonds is 2.